The summed E-state index contributed by atoms with van der Waals surface area (Å²) in [4.78, 5) is 14.2. The Labute approximate surface area is 193 Å². The fraction of sp³-hybridized carbons (Fsp3) is 0.458. The predicted molar refractivity (Wildman–Crippen MR) is 120 cm³/mol. The Bertz CT molecular complexity index is 1100. The number of amides is 1. The third-order valence-electron chi connectivity index (χ3n) is 6.34. The van der Waals surface area contributed by atoms with Gasteiger partial charge in [-0.2, -0.15) is 4.31 Å². The van der Waals surface area contributed by atoms with Gasteiger partial charge in [0.2, 0.25) is 10.0 Å². The van der Waals surface area contributed by atoms with E-state index in [0.717, 1.165) is 25.0 Å². The number of hydrogen-bond acceptors (Lipinski definition) is 4. The first kappa shape index (κ1) is 23.6. The number of fused-ring (bicyclic) bond motifs is 2. The van der Waals surface area contributed by atoms with Gasteiger partial charge in [0.05, 0.1) is 16.5 Å². The molecule has 2 aromatic rings. The molecule has 0 N–H and O–H groups in total. The van der Waals surface area contributed by atoms with Crippen molar-refractivity contribution in [2.24, 2.45) is 0 Å². The van der Waals surface area contributed by atoms with Crippen LogP contribution in [-0.4, -0.2) is 55.8 Å². The van der Waals surface area contributed by atoms with Crippen molar-refractivity contribution < 1.29 is 26.7 Å². The van der Waals surface area contributed by atoms with Gasteiger partial charge in [-0.05, 0) is 56.4 Å². The maximum absolute atomic E-state index is 13.9. The van der Waals surface area contributed by atoms with Crippen LogP contribution < -0.4 is 4.74 Å². The summed E-state index contributed by atoms with van der Waals surface area (Å²) in [6.45, 7) is 0.623. The molecule has 2 aromatic carbocycles. The van der Waals surface area contributed by atoms with Crippen molar-refractivity contribution in [1.82, 2.24) is 9.21 Å². The summed E-state index contributed by atoms with van der Waals surface area (Å²) in [6, 6.07) is 8.85. The monoisotopic (exact) mass is 478 g/mol. The Morgan fingerprint density at radius 3 is 2.36 bits per heavy atom. The van der Waals surface area contributed by atoms with E-state index in [1.54, 1.807) is 36.2 Å². The normalized spacial score (nSPS) is 23.0. The summed E-state index contributed by atoms with van der Waals surface area (Å²) in [7, 11) is -2.47. The van der Waals surface area contributed by atoms with E-state index >= 15 is 0 Å². The lowest BCUT2D eigenvalue weighted by Gasteiger charge is -2.39. The van der Waals surface area contributed by atoms with E-state index in [2.05, 4.69) is 0 Å². The van der Waals surface area contributed by atoms with Crippen LogP contribution in [0.1, 0.15) is 48.9 Å². The summed E-state index contributed by atoms with van der Waals surface area (Å²) in [5.41, 5.74) is 0.437. The molecule has 1 aliphatic carbocycles. The second kappa shape index (κ2) is 9.77. The summed E-state index contributed by atoms with van der Waals surface area (Å²) in [5.74, 6) is -1.60. The lowest BCUT2D eigenvalue weighted by Crippen LogP contribution is -2.51. The van der Waals surface area contributed by atoms with Crippen LogP contribution in [0.3, 0.4) is 0 Å². The van der Waals surface area contributed by atoms with E-state index in [1.165, 1.54) is 4.31 Å². The fourth-order valence-electron chi connectivity index (χ4n) is 4.65. The highest BCUT2D eigenvalue weighted by atomic mass is 32.2. The van der Waals surface area contributed by atoms with E-state index in [1.807, 2.05) is 0 Å². The first-order valence-corrected chi connectivity index (χ1v) is 12.7. The van der Waals surface area contributed by atoms with E-state index in [-0.39, 0.29) is 12.5 Å². The van der Waals surface area contributed by atoms with Crippen molar-refractivity contribution >= 4 is 15.9 Å². The van der Waals surface area contributed by atoms with Gasteiger partial charge in [0.25, 0.3) is 5.91 Å². The average Bonchev–Trinajstić information content (AvgIpc) is 2.78. The van der Waals surface area contributed by atoms with Crippen LogP contribution in [0.15, 0.2) is 47.4 Å². The number of ether oxygens (including phenoxy) is 1. The number of rotatable bonds is 2. The zero-order valence-electron chi connectivity index (χ0n) is 18.5. The third-order valence-corrected chi connectivity index (χ3v) is 8.25. The highest BCUT2D eigenvalue weighted by Gasteiger charge is 2.39. The molecule has 0 aromatic heterocycles. The van der Waals surface area contributed by atoms with Crippen molar-refractivity contribution in [1.29, 1.82) is 0 Å². The molecule has 0 spiro atoms. The molecule has 1 aliphatic heterocycles. The van der Waals surface area contributed by atoms with Gasteiger partial charge in [-0.25, -0.2) is 17.2 Å². The van der Waals surface area contributed by atoms with Crippen molar-refractivity contribution in [2.75, 3.05) is 20.1 Å². The van der Waals surface area contributed by atoms with Gasteiger partial charge in [-0.15, -0.1) is 0 Å². The molecule has 1 heterocycles. The summed E-state index contributed by atoms with van der Waals surface area (Å²) in [5, 5.41) is 0. The number of hydrogen-bond donors (Lipinski definition) is 0. The minimum absolute atomic E-state index is 0.141. The van der Waals surface area contributed by atoms with E-state index in [0.29, 0.717) is 49.6 Å². The molecule has 1 fully saturated rings. The topological polar surface area (TPSA) is 66.9 Å². The highest BCUT2D eigenvalue weighted by Crippen LogP contribution is 2.33. The van der Waals surface area contributed by atoms with Crippen LogP contribution in [0, 0.1) is 11.6 Å². The molecule has 0 unspecified atom stereocenters. The van der Waals surface area contributed by atoms with E-state index < -0.39 is 38.7 Å². The Morgan fingerprint density at radius 1 is 0.939 bits per heavy atom. The van der Waals surface area contributed by atoms with Crippen molar-refractivity contribution in [3.63, 3.8) is 0 Å². The quantitative estimate of drug-likeness (QED) is 0.649. The second-order valence-electron chi connectivity index (χ2n) is 8.66. The number of carbonyl (C=O) groups excluding carboxylic acids is 1. The van der Waals surface area contributed by atoms with Gasteiger partial charge in [0.15, 0.2) is 0 Å². The van der Waals surface area contributed by atoms with Crippen LogP contribution in [0.5, 0.6) is 5.75 Å². The SMILES string of the molecule is CN1CCCCN(S(=O)(=O)c2cc(F)cc(F)c2)[C@@H]2CCCC[C@@H]2Oc2ccccc2C1=O. The minimum Gasteiger partial charge on any atom is -0.488 e. The molecular weight excluding hydrogens is 450 g/mol. The largest absolute Gasteiger partial charge is 0.488 e. The third kappa shape index (κ3) is 5.04. The van der Waals surface area contributed by atoms with Crippen molar-refractivity contribution in [3.05, 3.63) is 59.7 Å². The van der Waals surface area contributed by atoms with E-state index in [4.69, 9.17) is 4.74 Å². The Morgan fingerprint density at radius 2 is 1.61 bits per heavy atom. The van der Waals surface area contributed by atoms with Crippen molar-refractivity contribution in [2.45, 2.75) is 55.6 Å². The summed E-state index contributed by atoms with van der Waals surface area (Å²) >= 11 is 0. The Kier molecular flexibility index (Phi) is 6.99. The van der Waals surface area contributed by atoms with Crippen LogP contribution in [-0.2, 0) is 10.0 Å². The molecule has 178 valence electrons. The Balaban J connectivity index is 1.76. The second-order valence-corrected chi connectivity index (χ2v) is 10.5. The molecule has 2 atom stereocenters. The van der Waals surface area contributed by atoms with Crippen LogP contribution in [0.2, 0.25) is 0 Å². The first-order chi connectivity index (χ1) is 15.8. The zero-order chi connectivity index (χ0) is 23.6. The molecule has 0 saturated heterocycles. The molecule has 2 aliphatic rings. The summed E-state index contributed by atoms with van der Waals surface area (Å²) in [6.07, 6.45) is 3.47. The van der Waals surface area contributed by atoms with Gasteiger partial charge in [0, 0.05) is 26.2 Å². The number of carbonyl (C=O) groups is 1. The molecule has 33 heavy (non-hydrogen) atoms. The molecule has 4 rings (SSSR count). The van der Waals surface area contributed by atoms with Gasteiger partial charge in [0.1, 0.15) is 23.5 Å². The predicted octanol–water partition coefficient (Wildman–Crippen LogP) is 4.21. The maximum atomic E-state index is 13.9. The number of halogens is 2. The molecular formula is C24H28F2N2O4S. The van der Waals surface area contributed by atoms with Crippen molar-refractivity contribution in [3.8, 4) is 5.75 Å². The first-order valence-electron chi connectivity index (χ1n) is 11.3. The van der Waals surface area contributed by atoms with Gasteiger partial charge in [-0.3, -0.25) is 4.79 Å². The molecule has 0 radical (unpaired) electrons. The summed E-state index contributed by atoms with van der Waals surface area (Å²) < 4.78 is 62.6. The molecule has 1 saturated carbocycles. The van der Waals surface area contributed by atoms with E-state index in [9.17, 15) is 22.0 Å². The van der Waals surface area contributed by atoms with Gasteiger partial charge in [-0.1, -0.05) is 18.6 Å². The standard InChI is InChI=1S/C24H28F2N2O4S/c1-27-12-6-7-13-28(33(30,31)19-15-17(25)14-18(26)16-19)21-9-3-5-11-23(21)32-22-10-4-2-8-20(22)24(27)29/h2,4,8,10,14-16,21,23H,3,5-7,9,11-13H2,1H3/t21-,23+/m1/s1. The highest BCUT2D eigenvalue weighted by molar-refractivity contribution is 7.89. The minimum atomic E-state index is -4.17. The van der Waals surface area contributed by atoms with Crippen LogP contribution in [0.25, 0.3) is 0 Å². The molecule has 0 bridgehead atoms. The van der Waals surface area contributed by atoms with Gasteiger partial charge >= 0.3 is 0 Å². The molecule has 9 heteroatoms. The van der Waals surface area contributed by atoms with Crippen LogP contribution >= 0.6 is 0 Å². The smallest absolute Gasteiger partial charge is 0.257 e. The molecule has 6 nitrogen and oxygen atoms in total. The maximum Gasteiger partial charge on any atom is 0.257 e. The number of para-hydroxylation sites is 1. The number of nitrogens with zero attached hydrogens (tertiary/aromatic N) is 2. The Hall–Kier alpha value is -2.52. The lowest BCUT2D eigenvalue weighted by atomic mass is 9.92. The zero-order valence-corrected chi connectivity index (χ0v) is 19.4. The van der Waals surface area contributed by atoms with Crippen LogP contribution in [0.4, 0.5) is 8.78 Å². The average molecular weight is 479 g/mol. The number of benzene rings is 2. The van der Waals surface area contributed by atoms with Gasteiger partial charge < -0.3 is 9.64 Å². The number of sulfonamides is 1. The molecule has 1 amide bonds. The lowest BCUT2D eigenvalue weighted by molar-refractivity contribution is 0.0658. The fourth-order valence-corrected chi connectivity index (χ4v) is 6.42.